The highest BCUT2D eigenvalue weighted by Gasteiger charge is 2.06. The van der Waals surface area contributed by atoms with Crippen LogP contribution in [0.4, 0.5) is 11.4 Å². The molecule has 2 N–H and O–H groups in total. The van der Waals surface area contributed by atoms with E-state index in [0.29, 0.717) is 24.4 Å². The molecule has 0 spiro atoms. The summed E-state index contributed by atoms with van der Waals surface area (Å²) in [5.74, 6) is -0.234. The molecule has 0 bridgehead atoms. The summed E-state index contributed by atoms with van der Waals surface area (Å²) in [6.45, 7) is 2.42. The van der Waals surface area contributed by atoms with Crippen LogP contribution in [0, 0.1) is 0 Å². The number of rotatable bonds is 7. The van der Waals surface area contributed by atoms with Gasteiger partial charge in [-0.1, -0.05) is 12.1 Å². The van der Waals surface area contributed by atoms with Crippen LogP contribution in [0.3, 0.4) is 0 Å². The number of pyridine rings is 1. The zero-order chi connectivity index (χ0) is 16.7. The van der Waals surface area contributed by atoms with Crippen molar-refractivity contribution >= 4 is 23.1 Å². The Morgan fingerprint density at radius 1 is 1.17 bits per heavy atom. The van der Waals surface area contributed by atoms with Crippen molar-refractivity contribution in [1.29, 1.82) is 0 Å². The number of ketones is 1. The molecule has 0 aliphatic rings. The highest BCUT2D eigenvalue weighted by Crippen LogP contribution is 2.17. The third kappa shape index (κ3) is 4.89. The Kier molecular flexibility index (Phi) is 5.82. The van der Waals surface area contributed by atoms with Crippen LogP contribution in [0.25, 0.3) is 0 Å². The summed E-state index contributed by atoms with van der Waals surface area (Å²) in [6.07, 6.45) is 1.58. The number of amides is 1. The second-order valence-corrected chi connectivity index (χ2v) is 4.94. The van der Waals surface area contributed by atoms with Crippen LogP contribution in [0.5, 0.6) is 0 Å². The lowest BCUT2D eigenvalue weighted by molar-refractivity contribution is 0.0931. The van der Waals surface area contributed by atoms with E-state index in [1.54, 1.807) is 37.6 Å². The van der Waals surface area contributed by atoms with Crippen molar-refractivity contribution in [2.75, 3.05) is 25.6 Å². The monoisotopic (exact) mass is 313 g/mol. The van der Waals surface area contributed by atoms with E-state index in [2.05, 4.69) is 15.6 Å². The van der Waals surface area contributed by atoms with E-state index in [1.165, 1.54) is 6.92 Å². The number of anilines is 2. The van der Waals surface area contributed by atoms with Gasteiger partial charge in [-0.2, -0.15) is 0 Å². The summed E-state index contributed by atoms with van der Waals surface area (Å²) in [5.41, 5.74) is 2.50. The maximum atomic E-state index is 11.8. The number of methoxy groups -OCH3 is 1. The normalized spacial score (nSPS) is 10.2. The third-order valence-electron chi connectivity index (χ3n) is 3.15. The summed E-state index contributed by atoms with van der Waals surface area (Å²) in [4.78, 5) is 27.3. The van der Waals surface area contributed by atoms with Gasteiger partial charge in [-0.3, -0.25) is 9.59 Å². The van der Waals surface area contributed by atoms with Gasteiger partial charge in [0.1, 0.15) is 5.69 Å². The van der Waals surface area contributed by atoms with E-state index in [-0.39, 0.29) is 11.7 Å². The van der Waals surface area contributed by atoms with Crippen LogP contribution < -0.4 is 10.6 Å². The molecular formula is C17H19N3O3. The van der Waals surface area contributed by atoms with Gasteiger partial charge in [-0.15, -0.1) is 0 Å². The first kappa shape index (κ1) is 16.6. The zero-order valence-corrected chi connectivity index (χ0v) is 13.1. The van der Waals surface area contributed by atoms with Crippen LogP contribution in [-0.2, 0) is 4.74 Å². The van der Waals surface area contributed by atoms with Crippen LogP contribution in [0.1, 0.15) is 27.8 Å². The van der Waals surface area contributed by atoms with Crippen molar-refractivity contribution in [3.8, 4) is 0 Å². The molecule has 1 heterocycles. The van der Waals surface area contributed by atoms with Crippen molar-refractivity contribution in [2.45, 2.75) is 6.92 Å². The number of hydrogen-bond acceptors (Lipinski definition) is 5. The average Bonchev–Trinajstić information content (AvgIpc) is 2.56. The first-order valence-electron chi connectivity index (χ1n) is 7.21. The van der Waals surface area contributed by atoms with Gasteiger partial charge in [0.2, 0.25) is 0 Å². The van der Waals surface area contributed by atoms with Gasteiger partial charge < -0.3 is 15.4 Å². The fraction of sp³-hybridized carbons (Fsp3) is 0.235. The molecule has 2 rings (SSSR count). The minimum atomic E-state index is -0.243. The predicted molar refractivity (Wildman–Crippen MR) is 88.2 cm³/mol. The Balaban J connectivity index is 2.01. The number of benzene rings is 1. The quantitative estimate of drug-likeness (QED) is 0.606. The number of aromatic nitrogens is 1. The Hall–Kier alpha value is -2.73. The number of hydrogen-bond donors (Lipinski definition) is 2. The smallest absolute Gasteiger partial charge is 0.269 e. The highest BCUT2D eigenvalue weighted by atomic mass is 16.5. The average molecular weight is 313 g/mol. The second kappa shape index (κ2) is 8.05. The van der Waals surface area contributed by atoms with Gasteiger partial charge in [0.25, 0.3) is 5.91 Å². The number of Topliss-reactive ketones (excluding diaryl/α,β-unsaturated/α-hetero) is 1. The van der Waals surface area contributed by atoms with Gasteiger partial charge in [0.15, 0.2) is 5.78 Å². The lowest BCUT2D eigenvalue weighted by Crippen LogP contribution is -2.27. The van der Waals surface area contributed by atoms with Gasteiger partial charge in [0, 0.05) is 24.9 Å². The molecule has 0 saturated heterocycles. The maximum absolute atomic E-state index is 11.8. The molecule has 6 heteroatoms. The molecule has 0 fully saturated rings. The third-order valence-corrected chi connectivity index (χ3v) is 3.15. The molecule has 0 atom stereocenters. The summed E-state index contributed by atoms with van der Waals surface area (Å²) in [7, 11) is 1.58. The van der Waals surface area contributed by atoms with Crippen molar-refractivity contribution in [2.24, 2.45) is 0 Å². The molecule has 1 aromatic carbocycles. The molecule has 0 aliphatic carbocycles. The number of ether oxygens (including phenoxy) is 1. The molecular weight excluding hydrogens is 294 g/mol. The van der Waals surface area contributed by atoms with E-state index in [4.69, 9.17) is 4.74 Å². The number of nitrogens with one attached hydrogen (secondary N) is 2. The molecule has 6 nitrogen and oxygen atoms in total. The maximum Gasteiger partial charge on any atom is 0.269 e. The van der Waals surface area contributed by atoms with E-state index in [9.17, 15) is 9.59 Å². The molecule has 23 heavy (non-hydrogen) atoms. The Labute approximate surface area is 134 Å². The van der Waals surface area contributed by atoms with Crippen LogP contribution in [0.15, 0.2) is 42.6 Å². The SMILES string of the molecule is COCCNC(=O)c1ccc(Nc2cccc(C(C)=O)c2)cn1. The molecule has 1 amide bonds. The lowest BCUT2D eigenvalue weighted by Gasteiger charge is -2.08. The Bertz CT molecular complexity index is 684. The van der Waals surface area contributed by atoms with Crippen molar-refractivity contribution in [3.05, 3.63) is 53.9 Å². The zero-order valence-electron chi connectivity index (χ0n) is 13.1. The number of carbonyl (C=O) groups is 2. The Morgan fingerprint density at radius 3 is 2.65 bits per heavy atom. The first-order chi connectivity index (χ1) is 11.1. The molecule has 0 aliphatic heterocycles. The van der Waals surface area contributed by atoms with E-state index >= 15 is 0 Å². The molecule has 2 aromatic rings. The van der Waals surface area contributed by atoms with Gasteiger partial charge in [-0.25, -0.2) is 4.98 Å². The van der Waals surface area contributed by atoms with Crippen molar-refractivity contribution in [3.63, 3.8) is 0 Å². The van der Waals surface area contributed by atoms with Crippen LogP contribution in [-0.4, -0.2) is 36.9 Å². The number of nitrogens with zero attached hydrogens (tertiary/aromatic N) is 1. The van der Waals surface area contributed by atoms with Gasteiger partial charge in [0.05, 0.1) is 18.5 Å². The predicted octanol–water partition coefficient (Wildman–Crippen LogP) is 2.40. The van der Waals surface area contributed by atoms with Gasteiger partial charge >= 0.3 is 0 Å². The second-order valence-electron chi connectivity index (χ2n) is 4.94. The Morgan fingerprint density at radius 2 is 2.00 bits per heavy atom. The standard InChI is InChI=1S/C17H19N3O3/c1-12(21)13-4-3-5-14(10-13)20-15-6-7-16(19-11-15)17(22)18-8-9-23-2/h3-7,10-11,20H,8-9H2,1-2H3,(H,18,22). The summed E-state index contributed by atoms with van der Waals surface area (Å²) in [6, 6.07) is 10.6. The molecule has 0 radical (unpaired) electrons. The minimum absolute atomic E-state index is 0.00912. The summed E-state index contributed by atoms with van der Waals surface area (Å²) in [5, 5.41) is 5.86. The van der Waals surface area contributed by atoms with Crippen molar-refractivity contribution < 1.29 is 14.3 Å². The fourth-order valence-electron chi connectivity index (χ4n) is 1.94. The fourth-order valence-corrected chi connectivity index (χ4v) is 1.94. The molecule has 0 unspecified atom stereocenters. The topological polar surface area (TPSA) is 80.3 Å². The highest BCUT2D eigenvalue weighted by molar-refractivity contribution is 5.95. The van der Waals surface area contributed by atoms with Crippen molar-refractivity contribution in [1.82, 2.24) is 10.3 Å². The van der Waals surface area contributed by atoms with E-state index in [1.807, 2.05) is 12.1 Å². The minimum Gasteiger partial charge on any atom is -0.383 e. The first-order valence-corrected chi connectivity index (χ1v) is 7.21. The van der Waals surface area contributed by atoms with Crippen LogP contribution >= 0.6 is 0 Å². The summed E-state index contributed by atoms with van der Waals surface area (Å²) < 4.78 is 4.87. The molecule has 0 saturated carbocycles. The molecule has 1 aromatic heterocycles. The number of carbonyl (C=O) groups excluding carboxylic acids is 2. The summed E-state index contributed by atoms with van der Waals surface area (Å²) >= 11 is 0. The van der Waals surface area contributed by atoms with Gasteiger partial charge in [-0.05, 0) is 31.2 Å². The van der Waals surface area contributed by atoms with E-state index < -0.39 is 0 Å². The van der Waals surface area contributed by atoms with E-state index in [0.717, 1.165) is 11.4 Å². The molecule has 120 valence electrons. The largest absolute Gasteiger partial charge is 0.383 e. The van der Waals surface area contributed by atoms with Crippen LogP contribution in [0.2, 0.25) is 0 Å². The lowest BCUT2D eigenvalue weighted by atomic mass is 10.1.